The molecule has 0 aliphatic rings. The number of benzene rings is 2. The third-order valence-corrected chi connectivity index (χ3v) is 2.66. The largest absolute Gasteiger partial charge is 0.397 e. The van der Waals surface area contributed by atoms with Crippen molar-refractivity contribution >= 4 is 22.7 Å². The van der Waals surface area contributed by atoms with Gasteiger partial charge in [-0.15, -0.1) is 0 Å². The van der Waals surface area contributed by atoms with Crippen LogP contribution in [0.5, 0.6) is 0 Å². The summed E-state index contributed by atoms with van der Waals surface area (Å²) in [5.41, 5.74) is 8.80. The molecule has 0 atom stereocenters. The monoisotopic (exact) mass is 243 g/mol. The van der Waals surface area contributed by atoms with E-state index in [9.17, 15) is 10.1 Å². The summed E-state index contributed by atoms with van der Waals surface area (Å²) in [4.78, 5) is 10.1. The number of hydrogen-bond acceptors (Lipinski definition) is 4. The summed E-state index contributed by atoms with van der Waals surface area (Å²) in [6.45, 7) is 1.98. The minimum atomic E-state index is -0.464. The number of nitrogens with zero attached hydrogens (tertiary/aromatic N) is 1. The molecule has 0 saturated carbocycles. The van der Waals surface area contributed by atoms with Gasteiger partial charge in [-0.25, -0.2) is 0 Å². The first-order chi connectivity index (χ1) is 8.58. The quantitative estimate of drug-likeness (QED) is 0.492. The van der Waals surface area contributed by atoms with E-state index < -0.39 is 4.92 Å². The average molecular weight is 243 g/mol. The SMILES string of the molecule is Cc1ccccc1Nc1ccc([N+](=O)[O-])cc1N. The van der Waals surface area contributed by atoms with Crippen molar-refractivity contribution in [3.8, 4) is 0 Å². The van der Waals surface area contributed by atoms with Crippen molar-refractivity contribution < 1.29 is 4.92 Å². The van der Waals surface area contributed by atoms with Gasteiger partial charge in [0.1, 0.15) is 0 Å². The van der Waals surface area contributed by atoms with Crippen LogP contribution in [0.3, 0.4) is 0 Å². The van der Waals surface area contributed by atoms with Crippen molar-refractivity contribution in [3.63, 3.8) is 0 Å². The molecule has 0 heterocycles. The van der Waals surface area contributed by atoms with E-state index in [1.54, 1.807) is 6.07 Å². The van der Waals surface area contributed by atoms with Crippen molar-refractivity contribution in [2.45, 2.75) is 6.92 Å². The Hall–Kier alpha value is -2.56. The maximum absolute atomic E-state index is 10.6. The van der Waals surface area contributed by atoms with Gasteiger partial charge in [0.2, 0.25) is 0 Å². The minimum Gasteiger partial charge on any atom is -0.397 e. The molecular weight excluding hydrogens is 230 g/mol. The number of anilines is 3. The molecule has 0 amide bonds. The van der Waals surface area contributed by atoms with Crippen molar-refractivity contribution in [2.24, 2.45) is 0 Å². The van der Waals surface area contributed by atoms with Crippen LogP contribution in [-0.4, -0.2) is 4.92 Å². The maximum Gasteiger partial charge on any atom is 0.271 e. The molecule has 0 radical (unpaired) electrons. The van der Waals surface area contributed by atoms with Crippen LogP contribution in [0.4, 0.5) is 22.7 Å². The summed E-state index contributed by atoms with van der Waals surface area (Å²) in [6, 6.07) is 12.1. The normalized spacial score (nSPS) is 10.1. The van der Waals surface area contributed by atoms with Crippen LogP contribution in [0.25, 0.3) is 0 Å². The zero-order valence-corrected chi connectivity index (χ0v) is 9.88. The molecular formula is C13H13N3O2. The smallest absolute Gasteiger partial charge is 0.271 e. The number of nitrogens with two attached hydrogens (primary N) is 1. The molecule has 0 bridgehead atoms. The summed E-state index contributed by atoms with van der Waals surface area (Å²) < 4.78 is 0. The highest BCUT2D eigenvalue weighted by atomic mass is 16.6. The van der Waals surface area contributed by atoms with Gasteiger partial charge in [0, 0.05) is 17.8 Å². The molecule has 0 unspecified atom stereocenters. The number of para-hydroxylation sites is 1. The minimum absolute atomic E-state index is 0.0113. The molecule has 2 rings (SSSR count). The van der Waals surface area contributed by atoms with Crippen LogP contribution in [0.2, 0.25) is 0 Å². The molecule has 0 aliphatic carbocycles. The molecule has 5 heteroatoms. The maximum atomic E-state index is 10.6. The van der Waals surface area contributed by atoms with Gasteiger partial charge in [-0.3, -0.25) is 10.1 Å². The lowest BCUT2D eigenvalue weighted by molar-refractivity contribution is -0.384. The highest BCUT2D eigenvalue weighted by Gasteiger charge is 2.09. The number of nitrogen functional groups attached to an aromatic ring is 1. The van der Waals surface area contributed by atoms with E-state index in [0.29, 0.717) is 11.4 Å². The van der Waals surface area contributed by atoms with Gasteiger partial charge in [-0.05, 0) is 24.6 Å². The molecule has 0 spiro atoms. The van der Waals surface area contributed by atoms with Gasteiger partial charge >= 0.3 is 0 Å². The van der Waals surface area contributed by atoms with Crippen LogP contribution >= 0.6 is 0 Å². The van der Waals surface area contributed by atoms with E-state index in [0.717, 1.165) is 11.3 Å². The fourth-order valence-corrected chi connectivity index (χ4v) is 1.64. The van der Waals surface area contributed by atoms with Crippen LogP contribution in [0.1, 0.15) is 5.56 Å². The van der Waals surface area contributed by atoms with E-state index in [2.05, 4.69) is 5.32 Å². The number of hydrogen-bond donors (Lipinski definition) is 2. The third-order valence-electron chi connectivity index (χ3n) is 2.66. The van der Waals surface area contributed by atoms with Gasteiger partial charge in [-0.1, -0.05) is 18.2 Å². The predicted octanol–water partition coefficient (Wildman–Crippen LogP) is 3.23. The van der Waals surface area contributed by atoms with Gasteiger partial charge < -0.3 is 11.1 Å². The summed E-state index contributed by atoms with van der Waals surface area (Å²) in [5, 5.41) is 13.8. The molecule has 0 saturated heterocycles. The second-order valence-electron chi connectivity index (χ2n) is 3.97. The number of nitrogens with one attached hydrogen (secondary N) is 1. The first-order valence-electron chi connectivity index (χ1n) is 5.44. The highest BCUT2D eigenvalue weighted by molar-refractivity contribution is 5.75. The Kier molecular flexibility index (Phi) is 3.14. The average Bonchev–Trinajstić information content (AvgIpc) is 2.34. The Balaban J connectivity index is 2.30. The second kappa shape index (κ2) is 4.75. The molecule has 92 valence electrons. The highest BCUT2D eigenvalue weighted by Crippen LogP contribution is 2.28. The van der Waals surface area contributed by atoms with E-state index in [1.165, 1.54) is 12.1 Å². The molecule has 3 N–H and O–H groups in total. The molecule has 0 aliphatic heterocycles. The van der Waals surface area contributed by atoms with Crippen molar-refractivity contribution in [1.29, 1.82) is 0 Å². The van der Waals surface area contributed by atoms with Crippen molar-refractivity contribution in [2.75, 3.05) is 11.1 Å². The van der Waals surface area contributed by atoms with Crippen molar-refractivity contribution in [1.82, 2.24) is 0 Å². The molecule has 5 nitrogen and oxygen atoms in total. The van der Waals surface area contributed by atoms with Crippen LogP contribution in [0.15, 0.2) is 42.5 Å². The van der Waals surface area contributed by atoms with E-state index in [1.807, 2.05) is 31.2 Å². The first kappa shape index (κ1) is 11.9. The summed E-state index contributed by atoms with van der Waals surface area (Å²) in [6.07, 6.45) is 0. The number of non-ortho nitro benzene ring substituents is 1. The van der Waals surface area contributed by atoms with Crippen molar-refractivity contribution in [3.05, 3.63) is 58.1 Å². The Labute approximate surface area is 104 Å². The Morgan fingerprint density at radius 3 is 2.50 bits per heavy atom. The lowest BCUT2D eigenvalue weighted by atomic mass is 10.2. The van der Waals surface area contributed by atoms with E-state index in [4.69, 9.17) is 5.73 Å². The lowest BCUT2D eigenvalue weighted by Gasteiger charge is -2.11. The fraction of sp³-hybridized carbons (Fsp3) is 0.0769. The number of nitro groups is 1. The van der Waals surface area contributed by atoms with Gasteiger partial charge in [0.15, 0.2) is 0 Å². The van der Waals surface area contributed by atoms with Crippen LogP contribution in [0, 0.1) is 17.0 Å². The van der Waals surface area contributed by atoms with Gasteiger partial charge in [-0.2, -0.15) is 0 Å². The van der Waals surface area contributed by atoms with Crippen LogP contribution < -0.4 is 11.1 Å². The van der Waals surface area contributed by atoms with E-state index in [-0.39, 0.29) is 5.69 Å². The van der Waals surface area contributed by atoms with E-state index >= 15 is 0 Å². The predicted molar refractivity (Wildman–Crippen MR) is 72.0 cm³/mol. The lowest BCUT2D eigenvalue weighted by Crippen LogP contribution is -1.99. The van der Waals surface area contributed by atoms with Crippen LogP contribution in [-0.2, 0) is 0 Å². The second-order valence-corrected chi connectivity index (χ2v) is 3.97. The Bertz CT molecular complexity index is 597. The standard InChI is InChI=1S/C13H13N3O2/c1-9-4-2-3-5-12(9)15-13-7-6-10(16(17)18)8-11(13)14/h2-8,15H,14H2,1H3. The first-order valence-corrected chi connectivity index (χ1v) is 5.44. The fourth-order valence-electron chi connectivity index (χ4n) is 1.64. The molecule has 0 aromatic heterocycles. The van der Waals surface area contributed by atoms with Gasteiger partial charge in [0.25, 0.3) is 5.69 Å². The molecule has 18 heavy (non-hydrogen) atoms. The molecule has 2 aromatic carbocycles. The molecule has 2 aromatic rings. The molecule has 0 fully saturated rings. The topological polar surface area (TPSA) is 81.2 Å². The summed E-state index contributed by atoms with van der Waals surface area (Å²) in [7, 11) is 0. The summed E-state index contributed by atoms with van der Waals surface area (Å²) >= 11 is 0. The zero-order valence-electron chi connectivity index (χ0n) is 9.88. The zero-order chi connectivity index (χ0) is 13.1. The Morgan fingerprint density at radius 1 is 1.17 bits per heavy atom. The number of nitro benzene ring substituents is 1. The number of aryl methyl sites for hydroxylation is 1. The van der Waals surface area contributed by atoms with Gasteiger partial charge in [0.05, 0.1) is 16.3 Å². The third kappa shape index (κ3) is 2.40. The summed E-state index contributed by atoms with van der Waals surface area (Å²) in [5.74, 6) is 0. The Morgan fingerprint density at radius 2 is 1.89 bits per heavy atom. The number of rotatable bonds is 3.